The minimum atomic E-state index is -0.751. The summed E-state index contributed by atoms with van der Waals surface area (Å²) in [6.07, 6.45) is 9.34. The molecule has 5 aliphatic rings. The van der Waals surface area contributed by atoms with Crippen LogP contribution in [0, 0.1) is 10.8 Å². The summed E-state index contributed by atoms with van der Waals surface area (Å²) in [7, 11) is 0. The van der Waals surface area contributed by atoms with Crippen molar-refractivity contribution in [1.82, 2.24) is 0 Å². The van der Waals surface area contributed by atoms with Crippen molar-refractivity contribution in [3.05, 3.63) is 47.6 Å². The van der Waals surface area contributed by atoms with E-state index in [-0.39, 0.29) is 19.3 Å². The van der Waals surface area contributed by atoms with Crippen LogP contribution in [-0.2, 0) is 33.3 Å². The second-order valence-electron chi connectivity index (χ2n) is 11.4. The lowest BCUT2D eigenvalue weighted by Gasteiger charge is -2.58. The van der Waals surface area contributed by atoms with Gasteiger partial charge in [0.15, 0.2) is 0 Å². The molecule has 0 radical (unpaired) electrons. The van der Waals surface area contributed by atoms with Crippen LogP contribution in [0.5, 0.6) is 0 Å². The Kier molecular flexibility index (Phi) is 7.43. The number of carbonyl (C=O) groups is 2. The number of allylic oxidation sites excluding steroid dienone is 2. The predicted molar refractivity (Wildman–Crippen MR) is 136 cm³/mol. The van der Waals surface area contributed by atoms with Crippen molar-refractivity contribution in [2.75, 3.05) is 26.4 Å². The predicted octanol–water partition coefficient (Wildman–Crippen LogP) is 2.32. The number of hydrogen-bond donors (Lipinski definition) is 2. The zero-order valence-corrected chi connectivity index (χ0v) is 22.3. The Morgan fingerprint density at radius 2 is 1.92 bits per heavy atom. The molecule has 0 amide bonds. The molecule has 0 aromatic rings. The molecule has 5 rings (SSSR count). The molecule has 3 aliphatic heterocycles. The van der Waals surface area contributed by atoms with Crippen LogP contribution >= 0.6 is 0 Å². The topological polar surface area (TPSA) is 124 Å². The number of aliphatic hydroxyl groups excluding tert-OH is 2. The fraction of sp³-hybridized carbons (Fsp3) is 0.655. The Labute approximate surface area is 223 Å². The van der Waals surface area contributed by atoms with Gasteiger partial charge in [-0.1, -0.05) is 36.8 Å². The van der Waals surface area contributed by atoms with E-state index in [1.807, 2.05) is 13.0 Å². The van der Waals surface area contributed by atoms with E-state index in [0.29, 0.717) is 38.9 Å². The average molecular weight is 531 g/mol. The highest BCUT2D eigenvalue weighted by molar-refractivity contribution is 5.83. The smallest absolute Gasteiger partial charge is 0.331 e. The van der Waals surface area contributed by atoms with Crippen LogP contribution < -0.4 is 0 Å². The van der Waals surface area contributed by atoms with Crippen LogP contribution in [0.25, 0.3) is 0 Å². The summed E-state index contributed by atoms with van der Waals surface area (Å²) in [6, 6.07) is 0. The van der Waals surface area contributed by atoms with E-state index in [4.69, 9.17) is 23.7 Å². The number of hydrogen-bond acceptors (Lipinski definition) is 9. The van der Waals surface area contributed by atoms with Crippen LogP contribution in [-0.4, -0.2) is 84.7 Å². The van der Waals surface area contributed by atoms with Gasteiger partial charge in [-0.3, -0.25) is 0 Å². The van der Waals surface area contributed by atoms with Gasteiger partial charge in [0.25, 0.3) is 0 Å². The van der Waals surface area contributed by atoms with Gasteiger partial charge in [0.1, 0.15) is 24.4 Å². The molecule has 38 heavy (non-hydrogen) atoms. The SMILES string of the molecule is C/C1=C/C(=O)OC[C@]23CCC(CO)=C[C@H]2O[C@@H]2C[C@@H](OC(=O)/C=C\C=C/[C@H]([C@@H](C)O)OCC1)[C@@]3(C)[C@]21CO1. The first-order valence-electron chi connectivity index (χ1n) is 13.4. The molecule has 3 fully saturated rings. The third-order valence-electron chi connectivity index (χ3n) is 9.32. The molecule has 9 nitrogen and oxygen atoms in total. The lowest BCUT2D eigenvalue weighted by atomic mass is 9.51. The van der Waals surface area contributed by atoms with Gasteiger partial charge in [-0.15, -0.1) is 0 Å². The first kappa shape index (κ1) is 27.3. The standard InChI is InChI=1S/C29H38O9/c1-18-9-11-34-21(19(2)31)6-4-5-7-25(32)38-22-14-24-29(17-36-29)27(22,3)28(16-35-26(33)12-18)10-8-20(15-30)13-23(28)37-24/h4-7,12-13,19,21-24,30-31H,8-11,14-17H2,1-3H3/b6-4-,7-5-,18-12-/t19-,21-,22-,23-,24-,27-,28-,29+/m1/s1. The molecule has 0 aromatic carbocycles. The van der Waals surface area contributed by atoms with E-state index < -0.39 is 52.8 Å². The Hall–Kier alpha value is -2.30. The Morgan fingerprint density at radius 3 is 2.63 bits per heavy atom. The first-order valence-corrected chi connectivity index (χ1v) is 13.4. The second kappa shape index (κ2) is 10.4. The summed E-state index contributed by atoms with van der Waals surface area (Å²) >= 11 is 0. The van der Waals surface area contributed by atoms with Crippen molar-refractivity contribution >= 4 is 11.9 Å². The number of rotatable bonds is 2. The molecule has 2 aliphatic carbocycles. The van der Waals surface area contributed by atoms with Gasteiger partial charge < -0.3 is 33.9 Å². The van der Waals surface area contributed by atoms with Crippen LogP contribution in [0.3, 0.4) is 0 Å². The van der Waals surface area contributed by atoms with Crippen molar-refractivity contribution in [1.29, 1.82) is 0 Å². The molecule has 2 N–H and O–H groups in total. The first-order chi connectivity index (χ1) is 18.1. The van der Waals surface area contributed by atoms with E-state index in [1.165, 1.54) is 12.2 Å². The molecule has 2 spiro atoms. The maximum Gasteiger partial charge on any atom is 0.331 e. The number of esters is 2. The monoisotopic (exact) mass is 530 g/mol. The lowest BCUT2D eigenvalue weighted by molar-refractivity contribution is -0.232. The van der Waals surface area contributed by atoms with Crippen LogP contribution in [0.4, 0.5) is 0 Å². The highest BCUT2D eigenvalue weighted by Gasteiger charge is 2.83. The summed E-state index contributed by atoms with van der Waals surface area (Å²) in [5, 5.41) is 19.9. The third kappa shape index (κ3) is 4.48. The van der Waals surface area contributed by atoms with E-state index >= 15 is 0 Å². The van der Waals surface area contributed by atoms with Gasteiger partial charge in [0.05, 0.1) is 43.5 Å². The maximum absolute atomic E-state index is 12.9. The lowest BCUT2D eigenvalue weighted by Crippen LogP contribution is -2.66. The van der Waals surface area contributed by atoms with Crippen molar-refractivity contribution < 1.29 is 43.5 Å². The molecule has 0 unspecified atom stereocenters. The van der Waals surface area contributed by atoms with E-state index in [1.54, 1.807) is 25.2 Å². The molecule has 208 valence electrons. The van der Waals surface area contributed by atoms with Crippen LogP contribution in [0.1, 0.15) is 46.5 Å². The van der Waals surface area contributed by atoms with Gasteiger partial charge in [-0.25, -0.2) is 9.59 Å². The van der Waals surface area contributed by atoms with Crippen LogP contribution in [0.15, 0.2) is 47.6 Å². The fourth-order valence-electron chi connectivity index (χ4n) is 6.90. The summed E-state index contributed by atoms with van der Waals surface area (Å²) < 4.78 is 30.4. The number of ether oxygens (including phenoxy) is 5. The quantitative estimate of drug-likeness (QED) is 0.314. The molecule has 1 saturated carbocycles. The summed E-state index contributed by atoms with van der Waals surface area (Å²) in [5.41, 5.74) is -0.328. The number of aliphatic hydroxyl groups is 2. The number of epoxide rings is 1. The molecule has 8 atom stereocenters. The van der Waals surface area contributed by atoms with E-state index in [0.717, 1.165) is 11.1 Å². The van der Waals surface area contributed by atoms with Gasteiger partial charge in [0, 0.05) is 24.0 Å². The second-order valence-corrected chi connectivity index (χ2v) is 11.4. The number of carbonyl (C=O) groups excluding carboxylic acids is 2. The molecular weight excluding hydrogens is 492 g/mol. The molecular formula is C29H38O9. The molecule has 2 bridgehead atoms. The summed E-state index contributed by atoms with van der Waals surface area (Å²) in [6.45, 7) is 6.34. The average Bonchev–Trinajstić information content (AvgIpc) is 3.66. The molecule has 9 heteroatoms. The molecule has 2 saturated heterocycles. The minimum absolute atomic E-state index is 0.0601. The zero-order chi connectivity index (χ0) is 27.1. The summed E-state index contributed by atoms with van der Waals surface area (Å²) in [5.74, 6) is -0.962. The van der Waals surface area contributed by atoms with Gasteiger partial charge in [0.2, 0.25) is 0 Å². The number of cyclic esters (lactones) is 1. The Bertz CT molecular complexity index is 1070. The van der Waals surface area contributed by atoms with Crippen molar-refractivity contribution in [3.8, 4) is 0 Å². The van der Waals surface area contributed by atoms with Crippen molar-refractivity contribution in [2.45, 2.75) is 82.6 Å². The van der Waals surface area contributed by atoms with Crippen molar-refractivity contribution in [3.63, 3.8) is 0 Å². The Balaban J connectivity index is 1.52. The zero-order valence-electron chi connectivity index (χ0n) is 22.3. The van der Waals surface area contributed by atoms with Gasteiger partial charge in [-0.05, 0) is 38.7 Å². The highest BCUT2D eigenvalue weighted by Crippen LogP contribution is 2.72. The molecule has 3 heterocycles. The normalized spacial score (nSPS) is 45.3. The maximum atomic E-state index is 12.9. The third-order valence-corrected chi connectivity index (χ3v) is 9.32. The van der Waals surface area contributed by atoms with Gasteiger partial charge in [-0.2, -0.15) is 0 Å². The van der Waals surface area contributed by atoms with E-state index in [2.05, 4.69) is 6.92 Å². The highest BCUT2D eigenvalue weighted by atomic mass is 16.6. The largest absolute Gasteiger partial charge is 0.462 e. The fourth-order valence-corrected chi connectivity index (χ4v) is 6.90. The van der Waals surface area contributed by atoms with Crippen molar-refractivity contribution in [2.24, 2.45) is 10.8 Å². The summed E-state index contributed by atoms with van der Waals surface area (Å²) in [4.78, 5) is 25.9. The molecule has 0 aromatic heterocycles. The van der Waals surface area contributed by atoms with Gasteiger partial charge >= 0.3 is 11.9 Å². The minimum Gasteiger partial charge on any atom is -0.462 e. The van der Waals surface area contributed by atoms with E-state index in [9.17, 15) is 19.8 Å². The van der Waals surface area contributed by atoms with Crippen LogP contribution in [0.2, 0.25) is 0 Å². The Morgan fingerprint density at radius 1 is 1.13 bits per heavy atom.